The Balaban J connectivity index is 2.24. The summed E-state index contributed by atoms with van der Waals surface area (Å²) in [6, 6.07) is 15.3. The third-order valence-electron chi connectivity index (χ3n) is 3.08. The number of rotatable bonds is 4. The number of hydrogen-bond acceptors (Lipinski definition) is 4. The number of aryl methyl sites for hydroxylation is 1. The molecule has 0 amide bonds. The highest BCUT2D eigenvalue weighted by atomic mass is 32.2. The van der Waals surface area contributed by atoms with Crippen molar-refractivity contribution in [3.8, 4) is 6.07 Å². The van der Waals surface area contributed by atoms with Gasteiger partial charge in [0.1, 0.15) is 0 Å². The lowest BCUT2D eigenvalue weighted by molar-refractivity contribution is 0.0599. The molecule has 0 bridgehead atoms. The van der Waals surface area contributed by atoms with Gasteiger partial charge in [0.2, 0.25) is 0 Å². The Morgan fingerprint density at radius 3 is 2.43 bits per heavy atom. The Morgan fingerprint density at radius 1 is 1.19 bits per heavy atom. The van der Waals surface area contributed by atoms with Crippen molar-refractivity contribution in [3.05, 3.63) is 59.2 Å². The maximum Gasteiger partial charge on any atom is 0.338 e. The molecule has 0 N–H and O–H groups in total. The van der Waals surface area contributed by atoms with Crippen LogP contribution >= 0.6 is 11.8 Å². The largest absolute Gasteiger partial charge is 0.465 e. The summed E-state index contributed by atoms with van der Waals surface area (Å²) in [5.74, 6) is -0.304. The molecule has 0 heterocycles. The summed E-state index contributed by atoms with van der Waals surface area (Å²) in [5.41, 5.74) is 2.24. The second-order valence-corrected chi connectivity index (χ2v) is 5.55. The average molecular weight is 297 g/mol. The van der Waals surface area contributed by atoms with Gasteiger partial charge in [-0.25, -0.2) is 4.79 Å². The van der Waals surface area contributed by atoms with E-state index in [1.165, 1.54) is 7.11 Å². The summed E-state index contributed by atoms with van der Waals surface area (Å²) in [6.07, 6.45) is 0.770. The zero-order valence-corrected chi connectivity index (χ0v) is 12.7. The van der Waals surface area contributed by atoms with Crippen molar-refractivity contribution in [1.29, 1.82) is 5.26 Å². The van der Waals surface area contributed by atoms with Gasteiger partial charge in [-0.2, -0.15) is 5.26 Å². The van der Waals surface area contributed by atoms with Crippen LogP contribution in [0.15, 0.2) is 52.3 Å². The van der Waals surface area contributed by atoms with Gasteiger partial charge in [-0.1, -0.05) is 18.7 Å². The molecule has 0 aliphatic rings. The maximum atomic E-state index is 11.7. The topological polar surface area (TPSA) is 50.1 Å². The van der Waals surface area contributed by atoms with Crippen LogP contribution in [0, 0.1) is 11.3 Å². The Morgan fingerprint density at radius 2 is 1.86 bits per heavy atom. The number of hydrogen-bond donors (Lipinski definition) is 0. The number of carbonyl (C=O) groups is 1. The van der Waals surface area contributed by atoms with E-state index in [1.807, 2.05) is 31.2 Å². The normalized spacial score (nSPS) is 9.95. The predicted octanol–water partition coefficient (Wildman–Crippen LogP) is 4.06. The molecule has 21 heavy (non-hydrogen) atoms. The van der Waals surface area contributed by atoms with Crippen LogP contribution in [-0.2, 0) is 11.2 Å². The lowest BCUT2D eigenvalue weighted by Crippen LogP contribution is -2.05. The standard InChI is InChI=1S/C17H15NO2S/c1-3-13-10-15(8-9-16(13)17(19)20-2)21-14-6-4-12(11-18)5-7-14/h4-10H,3H2,1-2H3. The van der Waals surface area contributed by atoms with Crippen molar-refractivity contribution in [2.75, 3.05) is 7.11 Å². The average Bonchev–Trinajstić information content (AvgIpc) is 2.54. The van der Waals surface area contributed by atoms with Gasteiger partial charge < -0.3 is 4.74 Å². The third kappa shape index (κ3) is 3.65. The molecule has 106 valence electrons. The van der Waals surface area contributed by atoms with E-state index in [0.717, 1.165) is 21.8 Å². The molecule has 0 saturated carbocycles. The first-order valence-corrected chi connectivity index (χ1v) is 7.38. The number of ether oxygens (including phenoxy) is 1. The first-order valence-electron chi connectivity index (χ1n) is 6.57. The van der Waals surface area contributed by atoms with Crippen LogP contribution in [0.5, 0.6) is 0 Å². The minimum atomic E-state index is -0.304. The summed E-state index contributed by atoms with van der Waals surface area (Å²) >= 11 is 1.60. The van der Waals surface area contributed by atoms with Crippen molar-refractivity contribution in [2.24, 2.45) is 0 Å². The second kappa shape index (κ2) is 6.96. The highest BCUT2D eigenvalue weighted by molar-refractivity contribution is 7.99. The van der Waals surface area contributed by atoms with Crippen molar-refractivity contribution in [2.45, 2.75) is 23.1 Å². The summed E-state index contributed by atoms with van der Waals surface area (Å²) < 4.78 is 4.79. The van der Waals surface area contributed by atoms with Gasteiger partial charge in [0.25, 0.3) is 0 Å². The summed E-state index contributed by atoms with van der Waals surface area (Å²) in [4.78, 5) is 13.8. The van der Waals surface area contributed by atoms with Crippen LogP contribution in [0.2, 0.25) is 0 Å². The molecule has 2 aromatic carbocycles. The van der Waals surface area contributed by atoms with E-state index in [9.17, 15) is 4.79 Å². The zero-order chi connectivity index (χ0) is 15.2. The number of methoxy groups -OCH3 is 1. The van der Waals surface area contributed by atoms with Gasteiger partial charge in [-0.15, -0.1) is 0 Å². The minimum absolute atomic E-state index is 0.304. The molecule has 0 saturated heterocycles. The van der Waals surface area contributed by atoms with Crippen LogP contribution in [0.1, 0.15) is 28.4 Å². The van der Waals surface area contributed by atoms with E-state index in [-0.39, 0.29) is 5.97 Å². The minimum Gasteiger partial charge on any atom is -0.465 e. The fourth-order valence-corrected chi connectivity index (χ4v) is 2.85. The summed E-state index contributed by atoms with van der Waals surface area (Å²) in [7, 11) is 1.39. The van der Waals surface area contributed by atoms with Gasteiger partial charge in [-0.05, 0) is 54.4 Å². The lowest BCUT2D eigenvalue weighted by atomic mass is 10.1. The van der Waals surface area contributed by atoms with Gasteiger partial charge in [0.15, 0.2) is 0 Å². The Bertz CT molecular complexity index is 687. The molecular formula is C17H15NO2S. The molecule has 0 atom stereocenters. The fourth-order valence-electron chi connectivity index (χ4n) is 1.97. The van der Waals surface area contributed by atoms with Crippen molar-refractivity contribution in [3.63, 3.8) is 0 Å². The molecule has 0 aliphatic heterocycles. The zero-order valence-electron chi connectivity index (χ0n) is 11.9. The van der Waals surface area contributed by atoms with Gasteiger partial charge in [0.05, 0.1) is 24.3 Å². The maximum absolute atomic E-state index is 11.7. The lowest BCUT2D eigenvalue weighted by Gasteiger charge is -2.09. The van der Waals surface area contributed by atoms with E-state index >= 15 is 0 Å². The summed E-state index contributed by atoms with van der Waals surface area (Å²) in [5, 5.41) is 8.79. The molecule has 0 fully saturated rings. The Labute approximate surface area is 128 Å². The van der Waals surface area contributed by atoms with Gasteiger partial charge >= 0.3 is 5.97 Å². The van der Waals surface area contributed by atoms with Crippen molar-refractivity contribution >= 4 is 17.7 Å². The van der Waals surface area contributed by atoms with Crippen LogP contribution in [0.25, 0.3) is 0 Å². The predicted molar refractivity (Wildman–Crippen MR) is 82.4 cm³/mol. The Hall–Kier alpha value is -2.25. The van der Waals surface area contributed by atoms with Crippen molar-refractivity contribution in [1.82, 2.24) is 0 Å². The molecule has 4 heteroatoms. The number of benzene rings is 2. The summed E-state index contributed by atoms with van der Waals surface area (Å²) in [6.45, 7) is 2.01. The van der Waals surface area contributed by atoms with Crippen LogP contribution in [0.3, 0.4) is 0 Å². The highest BCUT2D eigenvalue weighted by Crippen LogP contribution is 2.29. The first-order chi connectivity index (χ1) is 10.2. The molecule has 0 spiro atoms. The van der Waals surface area contributed by atoms with E-state index in [4.69, 9.17) is 10.00 Å². The molecule has 0 unspecified atom stereocenters. The first kappa shape index (κ1) is 15.1. The fraction of sp³-hybridized carbons (Fsp3) is 0.176. The number of carbonyl (C=O) groups excluding carboxylic acids is 1. The number of esters is 1. The number of nitrogens with zero attached hydrogens (tertiary/aromatic N) is 1. The molecule has 0 aromatic heterocycles. The Kier molecular flexibility index (Phi) is 5.02. The number of nitriles is 1. The molecule has 0 radical (unpaired) electrons. The van der Waals surface area contributed by atoms with E-state index in [1.54, 1.807) is 30.0 Å². The van der Waals surface area contributed by atoms with Gasteiger partial charge in [0, 0.05) is 9.79 Å². The SMILES string of the molecule is CCc1cc(Sc2ccc(C#N)cc2)ccc1C(=O)OC. The van der Waals surface area contributed by atoms with Crippen molar-refractivity contribution < 1.29 is 9.53 Å². The van der Waals surface area contributed by atoms with E-state index in [2.05, 4.69) is 6.07 Å². The molecule has 2 aromatic rings. The molecular weight excluding hydrogens is 282 g/mol. The van der Waals surface area contributed by atoms with Crippen LogP contribution in [0.4, 0.5) is 0 Å². The smallest absolute Gasteiger partial charge is 0.338 e. The monoisotopic (exact) mass is 297 g/mol. The highest BCUT2D eigenvalue weighted by Gasteiger charge is 2.11. The second-order valence-electron chi connectivity index (χ2n) is 4.40. The van der Waals surface area contributed by atoms with E-state index in [0.29, 0.717) is 11.1 Å². The quantitative estimate of drug-likeness (QED) is 0.799. The molecule has 3 nitrogen and oxygen atoms in total. The van der Waals surface area contributed by atoms with Gasteiger partial charge in [-0.3, -0.25) is 0 Å². The molecule has 0 aliphatic carbocycles. The van der Waals surface area contributed by atoms with Crippen LogP contribution < -0.4 is 0 Å². The van der Waals surface area contributed by atoms with Crippen LogP contribution in [-0.4, -0.2) is 13.1 Å². The van der Waals surface area contributed by atoms with E-state index < -0.39 is 0 Å². The third-order valence-corrected chi connectivity index (χ3v) is 4.08. The molecule has 2 rings (SSSR count).